The van der Waals surface area contributed by atoms with E-state index < -0.39 is 0 Å². The fourth-order valence-corrected chi connectivity index (χ4v) is 5.16. The molecule has 2 aliphatic heterocycles. The molecule has 0 aliphatic carbocycles. The summed E-state index contributed by atoms with van der Waals surface area (Å²) in [6, 6.07) is 20.4. The van der Waals surface area contributed by atoms with E-state index in [0.29, 0.717) is 28.2 Å². The molecule has 0 bridgehead atoms. The number of likely N-dealkylation sites (tertiary alicyclic amines) is 1. The molecule has 0 unspecified atom stereocenters. The summed E-state index contributed by atoms with van der Waals surface area (Å²) in [7, 11) is 0. The maximum absolute atomic E-state index is 14.7. The van der Waals surface area contributed by atoms with Crippen LogP contribution in [-0.4, -0.2) is 65.9 Å². The van der Waals surface area contributed by atoms with Crippen LogP contribution in [0.15, 0.2) is 66.7 Å². The SMILES string of the molecule is O=C(c1ccccc1)N1CCN(C2CN(Cc3ccc(OCc4cccc(Cl)c4Cl)c(F)c3)C2)CC1. The molecule has 8 heteroatoms. The lowest BCUT2D eigenvalue weighted by atomic mass is 10.0. The van der Waals surface area contributed by atoms with E-state index in [9.17, 15) is 9.18 Å². The number of benzene rings is 3. The van der Waals surface area contributed by atoms with Gasteiger partial charge in [-0.05, 0) is 35.9 Å². The summed E-state index contributed by atoms with van der Waals surface area (Å²) in [4.78, 5) is 19.4. The van der Waals surface area contributed by atoms with Gasteiger partial charge < -0.3 is 9.64 Å². The van der Waals surface area contributed by atoms with Crippen molar-refractivity contribution in [2.24, 2.45) is 0 Å². The number of amides is 1. The van der Waals surface area contributed by atoms with Crippen molar-refractivity contribution in [3.63, 3.8) is 0 Å². The van der Waals surface area contributed by atoms with Gasteiger partial charge in [0.2, 0.25) is 0 Å². The minimum absolute atomic E-state index is 0.107. The Morgan fingerprint density at radius 3 is 2.42 bits per heavy atom. The van der Waals surface area contributed by atoms with Gasteiger partial charge in [0, 0.05) is 63.0 Å². The summed E-state index contributed by atoms with van der Waals surface area (Å²) >= 11 is 12.2. The van der Waals surface area contributed by atoms with E-state index in [1.54, 1.807) is 18.2 Å². The Balaban J connectivity index is 1.07. The number of carbonyl (C=O) groups is 1. The third kappa shape index (κ3) is 5.68. The average molecular weight is 528 g/mol. The quantitative estimate of drug-likeness (QED) is 0.414. The summed E-state index contributed by atoms with van der Waals surface area (Å²) in [6.45, 7) is 5.99. The van der Waals surface area contributed by atoms with Gasteiger partial charge in [-0.25, -0.2) is 4.39 Å². The Morgan fingerprint density at radius 1 is 0.944 bits per heavy atom. The Bertz CT molecular complexity index is 1210. The van der Waals surface area contributed by atoms with Gasteiger partial charge in [0.1, 0.15) is 6.61 Å². The first-order chi connectivity index (χ1) is 17.5. The Labute approximate surface area is 221 Å². The monoisotopic (exact) mass is 527 g/mol. The number of piperazine rings is 1. The number of halogens is 3. The number of rotatable bonds is 7. The molecule has 5 nitrogen and oxygen atoms in total. The van der Waals surface area contributed by atoms with Crippen molar-refractivity contribution >= 4 is 29.1 Å². The fourth-order valence-electron chi connectivity index (χ4n) is 4.79. The number of nitrogens with zero attached hydrogens (tertiary/aromatic N) is 3. The zero-order valence-electron chi connectivity index (χ0n) is 19.9. The topological polar surface area (TPSA) is 36.0 Å². The third-order valence-electron chi connectivity index (χ3n) is 6.89. The molecule has 0 radical (unpaired) electrons. The van der Waals surface area contributed by atoms with Gasteiger partial charge in [-0.15, -0.1) is 0 Å². The maximum Gasteiger partial charge on any atom is 0.253 e. The molecule has 5 rings (SSSR count). The van der Waals surface area contributed by atoms with Gasteiger partial charge in [0.25, 0.3) is 5.91 Å². The number of ether oxygens (including phenoxy) is 1. The van der Waals surface area contributed by atoms with Crippen molar-refractivity contribution in [1.29, 1.82) is 0 Å². The predicted octanol–water partition coefficient (Wildman–Crippen LogP) is 5.35. The minimum Gasteiger partial charge on any atom is -0.486 e. The van der Waals surface area contributed by atoms with E-state index in [0.717, 1.165) is 50.4 Å². The Kier molecular flexibility index (Phi) is 7.77. The van der Waals surface area contributed by atoms with Crippen molar-refractivity contribution in [3.8, 4) is 5.75 Å². The molecule has 3 aromatic carbocycles. The molecular weight excluding hydrogens is 500 g/mol. The van der Waals surface area contributed by atoms with Gasteiger partial charge in [0.05, 0.1) is 10.0 Å². The van der Waals surface area contributed by atoms with Crippen LogP contribution in [0, 0.1) is 5.82 Å². The van der Waals surface area contributed by atoms with Crippen LogP contribution in [0.1, 0.15) is 21.5 Å². The highest BCUT2D eigenvalue weighted by Crippen LogP contribution is 2.28. The average Bonchev–Trinajstić information content (AvgIpc) is 2.88. The zero-order valence-corrected chi connectivity index (χ0v) is 21.4. The first-order valence-electron chi connectivity index (χ1n) is 12.1. The van der Waals surface area contributed by atoms with Crippen LogP contribution >= 0.6 is 23.2 Å². The standard InChI is InChI=1S/C28H28Cl2FN3O2/c29-24-8-4-7-22(27(24)30)19-36-26-10-9-20(15-25(26)31)16-32-17-23(18-32)33-11-13-34(14-12-33)28(35)21-5-2-1-3-6-21/h1-10,15,23H,11-14,16-19H2. The maximum atomic E-state index is 14.7. The summed E-state index contributed by atoms with van der Waals surface area (Å²) in [5, 5.41) is 0.872. The van der Waals surface area contributed by atoms with Gasteiger partial charge in [-0.2, -0.15) is 0 Å². The van der Waals surface area contributed by atoms with E-state index in [1.165, 1.54) is 6.07 Å². The normalized spacial score (nSPS) is 17.1. The van der Waals surface area contributed by atoms with Crippen LogP contribution < -0.4 is 4.74 Å². The van der Waals surface area contributed by atoms with Gasteiger partial charge in [-0.1, -0.05) is 59.6 Å². The Morgan fingerprint density at radius 2 is 1.69 bits per heavy atom. The van der Waals surface area contributed by atoms with Crippen molar-refractivity contribution in [1.82, 2.24) is 14.7 Å². The van der Waals surface area contributed by atoms with Gasteiger partial charge in [-0.3, -0.25) is 14.6 Å². The molecule has 2 fully saturated rings. The van der Waals surface area contributed by atoms with Crippen molar-refractivity contribution in [2.75, 3.05) is 39.3 Å². The number of hydrogen-bond donors (Lipinski definition) is 0. The van der Waals surface area contributed by atoms with Crippen LogP contribution in [0.25, 0.3) is 0 Å². The molecule has 0 spiro atoms. The molecular formula is C28H28Cl2FN3O2. The summed E-state index contributed by atoms with van der Waals surface area (Å²) < 4.78 is 20.3. The fraction of sp³-hybridized carbons (Fsp3) is 0.321. The first kappa shape index (κ1) is 25.0. The summed E-state index contributed by atoms with van der Waals surface area (Å²) in [6.07, 6.45) is 0. The van der Waals surface area contributed by atoms with Gasteiger partial charge in [0.15, 0.2) is 11.6 Å². The minimum atomic E-state index is -0.387. The molecule has 3 aromatic rings. The number of carbonyl (C=O) groups excluding carboxylic acids is 1. The third-order valence-corrected chi connectivity index (χ3v) is 7.75. The molecule has 1 amide bonds. The van der Waals surface area contributed by atoms with E-state index >= 15 is 0 Å². The largest absolute Gasteiger partial charge is 0.486 e. The second kappa shape index (κ2) is 11.2. The van der Waals surface area contributed by atoms with E-state index in [2.05, 4.69) is 9.80 Å². The molecule has 2 saturated heterocycles. The lowest BCUT2D eigenvalue weighted by molar-refractivity contribution is 0.00254. The lowest BCUT2D eigenvalue weighted by Crippen LogP contribution is -2.63. The molecule has 0 saturated carbocycles. The first-order valence-corrected chi connectivity index (χ1v) is 12.9. The second-order valence-electron chi connectivity index (χ2n) is 9.31. The second-order valence-corrected chi connectivity index (χ2v) is 10.1. The van der Waals surface area contributed by atoms with Crippen molar-refractivity contribution in [3.05, 3.63) is 99.3 Å². The number of hydrogen-bond acceptors (Lipinski definition) is 4. The lowest BCUT2D eigenvalue weighted by Gasteiger charge is -2.48. The van der Waals surface area contributed by atoms with Crippen LogP contribution in [0.3, 0.4) is 0 Å². The molecule has 2 heterocycles. The molecule has 188 valence electrons. The van der Waals surface area contributed by atoms with Gasteiger partial charge >= 0.3 is 0 Å². The van der Waals surface area contributed by atoms with E-state index in [4.69, 9.17) is 27.9 Å². The highest BCUT2D eigenvalue weighted by atomic mass is 35.5. The molecule has 0 atom stereocenters. The molecule has 0 N–H and O–H groups in total. The van der Waals surface area contributed by atoms with Crippen molar-refractivity contribution in [2.45, 2.75) is 19.2 Å². The molecule has 36 heavy (non-hydrogen) atoms. The van der Waals surface area contributed by atoms with Crippen LogP contribution in [0.2, 0.25) is 10.0 Å². The van der Waals surface area contributed by atoms with E-state index in [-0.39, 0.29) is 24.1 Å². The van der Waals surface area contributed by atoms with E-state index in [1.807, 2.05) is 47.4 Å². The highest BCUT2D eigenvalue weighted by molar-refractivity contribution is 6.42. The van der Waals surface area contributed by atoms with Crippen LogP contribution in [0.5, 0.6) is 5.75 Å². The van der Waals surface area contributed by atoms with Crippen molar-refractivity contribution < 1.29 is 13.9 Å². The summed E-state index contributed by atoms with van der Waals surface area (Å²) in [5.74, 6) is -0.0864. The molecule has 0 aromatic heterocycles. The van der Waals surface area contributed by atoms with Crippen LogP contribution in [0.4, 0.5) is 4.39 Å². The summed E-state index contributed by atoms with van der Waals surface area (Å²) in [5.41, 5.74) is 2.37. The zero-order chi connectivity index (χ0) is 25.1. The smallest absolute Gasteiger partial charge is 0.253 e. The van der Waals surface area contributed by atoms with Crippen LogP contribution in [-0.2, 0) is 13.2 Å². The molecule has 2 aliphatic rings. The highest BCUT2D eigenvalue weighted by Gasteiger charge is 2.34. The Hall–Kier alpha value is -2.64. The predicted molar refractivity (Wildman–Crippen MR) is 140 cm³/mol.